The summed E-state index contributed by atoms with van der Waals surface area (Å²) in [5.41, 5.74) is 2.45. The third kappa shape index (κ3) is 5.87. The van der Waals surface area contributed by atoms with E-state index < -0.39 is 0 Å². The van der Waals surface area contributed by atoms with E-state index in [-0.39, 0.29) is 11.8 Å². The lowest BCUT2D eigenvalue weighted by Gasteiger charge is -2.35. The summed E-state index contributed by atoms with van der Waals surface area (Å²) in [4.78, 5) is 22.2. The van der Waals surface area contributed by atoms with Gasteiger partial charge >= 0.3 is 0 Å². The van der Waals surface area contributed by atoms with Crippen LogP contribution in [0.15, 0.2) is 54.7 Å². The van der Waals surface area contributed by atoms with Crippen LogP contribution in [-0.2, 0) is 17.9 Å². The molecule has 0 saturated carbocycles. The number of benzene rings is 1. The summed E-state index contributed by atoms with van der Waals surface area (Å²) in [7, 11) is 0. The molecule has 2 fully saturated rings. The van der Waals surface area contributed by atoms with Gasteiger partial charge in [-0.25, -0.2) is 0 Å². The second-order valence-corrected chi connectivity index (χ2v) is 8.44. The SMILES string of the molecule is O=C(NC1CCN(Cc2ccccn2)CC1)C1CCCN(Cc2ccccc2)C1. The third-order valence-corrected chi connectivity index (χ3v) is 6.17. The molecule has 0 aliphatic carbocycles. The van der Waals surface area contributed by atoms with Crippen LogP contribution in [0, 0.1) is 5.92 Å². The molecule has 2 saturated heterocycles. The van der Waals surface area contributed by atoms with Gasteiger partial charge in [-0.05, 0) is 49.9 Å². The van der Waals surface area contributed by atoms with Crippen molar-refractivity contribution in [3.8, 4) is 0 Å². The van der Waals surface area contributed by atoms with E-state index in [1.54, 1.807) is 0 Å². The van der Waals surface area contributed by atoms with Gasteiger partial charge in [0.2, 0.25) is 5.91 Å². The first-order valence-corrected chi connectivity index (χ1v) is 11.0. The van der Waals surface area contributed by atoms with Gasteiger partial charge in [0.1, 0.15) is 0 Å². The molecule has 0 radical (unpaired) electrons. The molecule has 4 rings (SSSR count). The topological polar surface area (TPSA) is 48.5 Å². The van der Waals surface area contributed by atoms with E-state index in [9.17, 15) is 4.79 Å². The van der Waals surface area contributed by atoms with Gasteiger partial charge in [-0.2, -0.15) is 0 Å². The normalized spacial score (nSPS) is 21.7. The lowest BCUT2D eigenvalue weighted by Crippen LogP contribution is -2.49. The number of nitrogens with one attached hydrogen (secondary N) is 1. The zero-order valence-electron chi connectivity index (χ0n) is 17.2. The number of carbonyl (C=O) groups excluding carboxylic acids is 1. The van der Waals surface area contributed by atoms with Crippen molar-refractivity contribution in [2.24, 2.45) is 5.92 Å². The van der Waals surface area contributed by atoms with Crippen molar-refractivity contribution < 1.29 is 4.79 Å². The van der Waals surface area contributed by atoms with Crippen LogP contribution in [0.25, 0.3) is 0 Å². The Morgan fingerprint density at radius 2 is 1.72 bits per heavy atom. The second kappa shape index (κ2) is 9.99. The highest BCUT2D eigenvalue weighted by Gasteiger charge is 2.28. The van der Waals surface area contributed by atoms with E-state index in [2.05, 4.69) is 56.5 Å². The summed E-state index contributed by atoms with van der Waals surface area (Å²) in [5, 5.41) is 3.35. The van der Waals surface area contributed by atoms with Gasteiger partial charge in [0, 0.05) is 45.0 Å². The molecule has 1 N–H and O–H groups in total. The molecule has 5 heteroatoms. The number of carbonyl (C=O) groups is 1. The van der Waals surface area contributed by atoms with Crippen LogP contribution < -0.4 is 5.32 Å². The average Bonchev–Trinajstić information content (AvgIpc) is 2.77. The molecule has 1 amide bonds. The summed E-state index contributed by atoms with van der Waals surface area (Å²) < 4.78 is 0. The van der Waals surface area contributed by atoms with Gasteiger partial charge in [0.05, 0.1) is 11.6 Å². The summed E-state index contributed by atoms with van der Waals surface area (Å²) in [6.45, 7) is 5.84. The molecule has 3 heterocycles. The molecular weight excluding hydrogens is 360 g/mol. The quantitative estimate of drug-likeness (QED) is 0.821. The first-order chi connectivity index (χ1) is 14.3. The number of hydrogen-bond donors (Lipinski definition) is 1. The average molecular weight is 393 g/mol. The number of amides is 1. The lowest BCUT2D eigenvalue weighted by atomic mass is 9.95. The zero-order chi connectivity index (χ0) is 19.9. The van der Waals surface area contributed by atoms with E-state index in [0.29, 0.717) is 6.04 Å². The van der Waals surface area contributed by atoms with Gasteiger partial charge in [-0.1, -0.05) is 36.4 Å². The Bertz CT molecular complexity index is 759. The number of hydrogen-bond acceptors (Lipinski definition) is 4. The second-order valence-electron chi connectivity index (χ2n) is 8.44. The van der Waals surface area contributed by atoms with Crippen molar-refractivity contribution in [2.75, 3.05) is 26.2 Å². The van der Waals surface area contributed by atoms with Crippen molar-refractivity contribution in [1.29, 1.82) is 0 Å². The Labute approximate surface area is 174 Å². The molecule has 154 valence electrons. The highest BCUT2D eigenvalue weighted by molar-refractivity contribution is 5.79. The first kappa shape index (κ1) is 20.0. The molecule has 1 aromatic carbocycles. The molecule has 1 aromatic heterocycles. The maximum absolute atomic E-state index is 12.9. The van der Waals surface area contributed by atoms with Crippen LogP contribution in [-0.4, -0.2) is 52.9 Å². The number of aromatic nitrogens is 1. The molecule has 5 nitrogen and oxygen atoms in total. The Morgan fingerprint density at radius 1 is 0.931 bits per heavy atom. The van der Waals surface area contributed by atoms with E-state index >= 15 is 0 Å². The Kier molecular flexibility index (Phi) is 6.91. The smallest absolute Gasteiger partial charge is 0.224 e. The molecule has 1 unspecified atom stereocenters. The van der Waals surface area contributed by atoms with Crippen LogP contribution >= 0.6 is 0 Å². The van der Waals surface area contributed by atoms with Crippen molar-refractivity contribution in [1.82, 2.24) is 20.1 Å². The Hall–Kier alpha value is -2.24. The third-order valence-electron chi connectivity index (χ3n) is 6.17. The summed E-state index contributed by atoms with van der Waals surface area (Å²) in [5.74, 6) is 0.380. The fraction of sp³-hybridized carbons (Fsp3) is 0.500. The molecule has 2 aliphatic heterocycles. The molecule has 0 bridgehead atoms. The van der Waals surface area contributed by atoms with Crippen molar-refractivity contribution >= 4 is 5.91 Å². The molecule has 2 aliphatic rings. The van der Waals surface area contributed by atoms with E-state index in [1.807, 2.05) is 18.3 Å². The van der Waals surface area contributed by atoms with Crippen molar-refractivity contribution in [2.45, 2.75) is 44.8 Å². The van der Waals surface area contributed by atoms with E-state index in [0.717, 1.165) is 70.6 Å². The van der Waals surface area contributed by atoms with Crippen LogP contribution in [0.1, 0.15) is 36.9 Å². The monoisotopic (exact) mass is 392 g/mol. The van der Waals surface area contributed by atoms with Gasteiger partial charge < -0.3 is 5.32 Å². The Morgan fingerprint density at radius 3 is 2.48 bits per heavy atom. The summed E-state index contributed by atoms with van der Waals surface area (Å²) in [6, 6.07) is 17.0. The first-order valence-electron chi connectivity index (χ1n) is 11.0. The largest absolute Gasteiger partial charge is 0.353 e. The highest BCUT2D eigenvalue weighted by atomic mass is 16.2. The Balaban J connectivity index is 1.21. The number of nitrogens with zero attached hydrogens (tertiary/aromatic N) is 3. The van der Waals surface area contributed by atoms with Crippen LogP contribution in [0.2, 0.25) is 0 Å². The van der Waals surface area contributed by atoms with Gasteiger partial charge in [0.15, 0.2) is 0 Å². The van der Waals surface area contributed by atoms with Crippen LogP contribution in [0.4, 0.5) is 0 Å². The zero-order valence-corrected chi connectivity index (χ0v) is 17.2. The predicted molar refractivity (Wildman–Crippen MR) is 115 cm³/mol. The van der Waals surface area contributed by atoms with Crippen LogP contribution in [0.5, 0.6) is 0 Å². The molecular formula is C24H32N4O. The van der Waals surface area contributed by atoms with Crippen molar-refractivity contribution in [3.63, 3.8) is 0 Å². The molecule has 0 spiro atoms. The number of pyridine rings is 1. The minimum absolute atomic E-state index is 0.124. The van der Waals surface area contributed by atoms with Gasteiger partial charge in [-0.3, -0.25) is 19.6 Å². The van der Waals surface area contributed by atoms with E-state index in [1.165, 1.54) is 5.56 Å². The van der Waals surface area contributed by atoms with Gasteiger partial charge in [-0.15, -0.1) is 0 Å². The van der Waals surface area contributed by atoms with Crippen molar-refractivity contribution in [3.05, 3.63) is 66.0 Å². The number of likely N-dealkylation sites (tertiary alicyclic amines) is 2. The number of rotatable bonds is 6. The predicted octanol–water partition coefficient (Wildman–Crippen LogP) is 3.07. The summed E-state index contributed by atoms with van der Waals surface area (Å²) in [6.07, 6.45) is 6.02. The van der Waals surface area contributed by atoms with Crippen LogP contribution in [0.3, 0.4) is 0 Å². The maximum Gasteiger partial charge on any atom is 0.224 e. The fourth-order valence-electron chi connectivity index (χ4n) is 4.53. The molecule has 1 atom stereocenters. The summed E-state index contributed by atoms with van der Waals surface area (Å²) >= 11 is 0. The van der Waals surface area contributed by atoms with E-state index in [4.69, 9.17) is 0 Å². The maximum atomic E-state index is 12.9. The minimum Gasteiger partial charge on any atom is -0.353 e. The standard InChI is InChI=1S/C24H32N4O/c29-24(21-9-6-14-28(18-21)17-20-7-2-1-3-8-20)26-22-11-15-27(16-12-22)19-23-10-4-5-13-25-23/h1-5,7-8,10,13,21-22H,6,9,11-12,14-19H2,(H,26,29). The highest BCUT2D eigenvalue weighted by Crippen LogP contribution is 2.20. The fourth-order valence-corrected chi connectivity index (χ4v) is 4.53. The minimum atomic E-state index is 0.124. The number of piperidine rings is 2. The molecule has 2 aromatic rings. The molecule has 29 heavy (non-hydrogen) atoms. The van der Waals surface area contributed by atoms with Gasteiger partial charge in [0.25, 0.3) is 0 Å². The lowest BCUT2D eigenvalue weighted by molar-refractivity contribution is -0.127.